The minimum Gasteiger partial charge on any atom is -0.324 e. The van der Waals surface area contributed by atoms with Crippen LogP contribution in [0.5, 0.6) is 0 Å². The van der Waals surface area contributed by atoms with Crippen LogP contribution in [0.4, 0.5) is 4.39 Å². The van der Waals surface area contributed by atoms with Gasteiger partial charge >= 0.3 is 0 Å². The van der Waals surface area contributed by atoms with Crippen LogP contribution >= 0.6 is 0 Å². The number of ketones is 1. The van der Waals surface area contributed by atoms with Crippen LogP contribution < -0.4 is 0 Å². The molecule has 1 aromatic carbocycles. The van der Waals surface area contributed by atoms with E-state index >= 15 is 0 Å². The number of imidazole rings is 1. The molecule has 1 heterocycles. The summed E-state index contributed by atoms with van der Waals surface area (Å²) in [4.78, 5) is 16.8. The van der Waals surface area contributed by atoms with Gasteiger partial charge in [0.2, 0.25) is 0 Å². The van der Waals surface area contributed by atoms with Crippen molar-refractivity contribution in [1.29, 1.82) is 0 Å². The molecule has 1 aliphatic rings. The molecule has 0 spiro atoms. The summed E-state index contributed by atoms with van der Waals surface area (Å²) < 4.78 is 15.6. The van der Waals surface area contributed by atoms with Gasteiger partial charge in [-0.15, -0.1) is 0 Å². The van der Waals surface area contributed by atoms with Crippen molar-refractivity contribution in [1.82, 2.24) is 9.55 Å². The van der Waals surface area contributed by atoms with Gasteiger partial charge < -0.3 is 4.57 Å². The number of rotatable bonds is 3. The first-order chi connectivity index (χ1) is 9.66. The maximum atomic E-state index is 13.7. The van der Waals surface area contributed by atoms with Crippen molar-refractivity contribution in [2.75, 3.05) is 0 Å². The van der Waals surface area contributed by atoms with Gasteiger partial charge in [0.05, 0.1) is 17.8 Å². The van der Waals surface area contributed by atoms with Crippen molar-refractivity contribution in [2.45, 2.75) is 39.2 Å². The maximum absolute atomic E-state index is 13.7. The quantitative estimate of drug-likeness (QED) is 0.805. The second kappa shape index (κ2) is 5.19. The van der Waals surface area contributed by atoms with Crippen LogP contribution in [-0.2, 0) is 19.4 Å². The summed E-state index contributed by atoms with van der Waals surface area (Å²) in [5.74, 6) is 0.197. The zero-order valence-electron chi connectivity index (χ0n) is 11.5. The lowest BCUT2D eigenvalue weighted by Gasteiger charge is -2.14. The highest BCUT2D eigenvalue weighted by atomic mass is 19.1. The van der Waals surface area contributed by atoms with Gasteiger partial charge in [0, 0.05) is 5.69 Å². The van der Waals surface area contributed by atoms with E-state index in [1.165, 1.54) is 12.1 Å². The third kappa shape index (κ3) is 2.26. The van der Waals surface area contributed by atoms with Crippen LogP contribution in [-0.4, -0.2) is 15.3 Å². The smallest absolute Gasteiger partial charge is 0.185 e. The molecule has 0 aliphatic heterocycles. The monoisotopic (exact) mass is 272 g/mol. The van der Waals surface area contributed by atoms with E-state index in [1.54, 1.807) is 12.1 Å². The molecule has 1 aliphatic carbocycles. The lowest BCUT2D eigenvalue weighted by atomic mass is 10.0. The van der Waals surface area contributed by atoms with E-state index in [0.29, 0.717) is 0 Å². The Morgan fingerprint density at radius 2 is 2.05 bits per heavy atom. The molecule has 0 fully saturated rings. The molecule has 104 valence electrons. The number of aromatic nitrogens is 2. The second-order valence-electron chi connectivity index (χ2n) is 5.25. The van der Waals surface area contributed by atoms with E-state index in [2.05, 4.69) is 4.98 Å². The number of benzene rings is 1. The van der Waals surface area contributed by atoms with E-state index < -0.39 is 5.82 Å². The minimum absolute atomic E-state index is 0.158. The molecule has 1 aromatic heterocycles. The van der Waals surface area contributed by atoms with Gasteiger partial charge in [0.1, 0.15) is 11.6 Å². The second-order valence-corrected chi connectivity index (χ2v) is 5.25. The maximum Gasteiger partial charge on any atom is 0.185 e. The van der Waals surface area contributed by atoms with Gasteiger partial charge in [-0.05, 0) is 44.7 Å². The highest BCUT2D eigenvalue weighted by molar-refractivity contribution is 5.96. The number of hydrogen-bond donors (Lipinski definition) is 0. The first-order valence-electron chi connectivity index (χ1n) is 6.99. The number of Topliss-reactive ketones (excluding diaryl/α,β-unsaturated/α-hetero) is 1. The number of hydrogen-bond acceptors (Lipinski definition) is 2. The predicted octanol–water partition coefficient (Wildman–Crippen LogP) is 3.09. The molecule has 0 N–H and O–H groups in total. The Balaban J connectivity index is 1.90. The van der Waals surface area contributed by atoms with Gasteiger partial charge in [-0.1, -0.05) is 12.1 Å². The van der Waals surface area contributed by atoms with Crippen LogP contribution in [0.3, 0.4) is 0 Å². The van der Waals surface area contributed by atoms with Crippen molar-refractivity contribution < 1.29 is 9.18 Å². The highest BCUT2D eigenvalue weighted by Crippen LogP contribution is 2.22. The first-order valence-corrected chi connectivity index (χ1v) is 6.99. The predicted molar refractivity (Wildman–Crippen MR) is 74.3 cm³/mol. The Morgan fingerprint density at radius 3 is 2.85 bits per heavy atom. The lowest BCUT2D eigenvalue weighted by molar-refractivity contribution is 0.0966. The third-order valence-corrected chi connectivity index (χ3v) is 3.90. The molecule has 0 atom stereocenters. The van der Waals surface area contributed by atoms with Crippen LogP contribution in [0.1, 0.15) is 40.4 Å². The SMILES string of the molecule is Cc1nc2c(n1CC(=O)c1ccccc1F)CCCC2. The number of aryl methyl sites for hydroxylation is 2. The minimum atomic E-state index is -0.455. The normalized spacial score (nSPS) is 14.1. The number of halogens is 1. The summed E-state index contributed by atoms with van der Waals surface area (Å²) in [5.41, 5.74) is 2.42. The van der Waals surface area contributed by atoms with Gasteiger partial charge in [-0.2, -0.15) is 0 Å². The fraction of sp³-hybridized carbons (Fsp3) is 0.375. The Hall–Kier alpha value is -1.97. The molecule has 2 aromatic rings. The lowest BCUT2D eigenvalue weighted by Crippen LogP contribution is -2.16. The molecular formula is C16H17FN2O. The molecule has 3 rings (SSSR count). The number of carbonyl (C=O) groups is 1. The van der Waals surface area contributed by atoms with Gasteiger partial charge in [-0.3, -0.25) is 4.79 Å². The van der Waals surface area contributed by atoms with Crippen molar-refractivity contribution in [3.8, 4) is 0 Å². The number of nitrogens with zero attached hydrogens (tertiary/aromatic N) is 2. The average molecular weight is 272 g/mol. The molecule has 4 heteroatoms. The molecular weight excluding hydrogens is 255 g/mol. The Labute approximate surface area is 117 Å². The molecule has 0 amide bonds. The molecule has 0 unspecified atom stereocenters. The third-order valence-electron chi connectivity index (χ3n) is 3.90. The van der Waals surface area contributed by atoms with Crippen LogP contribution in [0.25, 0.3) is 0 Å². The summed E-state index contributed by atoms with van der Waals surface area (Å²) in [5, 5.41) is 0. The molecule has 0 bridgehead atoms. The van der Waals surface area contributed by atoms with Crippen LogP contribution in [0.2, 0.25) is 0 Å². The average Bonchev–Trinajstić information content (AvgIpc) is 2.76. The summed E-state index contributed by atoms with van der Waals surface area (Å²) in [6, 6.07) is 6.14. The summed E-state index contributed by atoms with van der Waals surface area (Å²) in [6.45, 7) is 2.09. The summed E-state index contributed by atoms with van der Waals surface area (Å²) in [7, 11) is 0. The van der Waals surface area contributed by atoms with Crippen LogP contribution in [0.15, 0.2) is 24.3 Å². The van der Waals surface area contributed by atoms with E-state index in [4.69, 9.17) is 0 Å². The summed E-state index contributed by atoms with van der Waals surface area (Å²) >= 11 is 0. The van der Waals surface area contributed by atoms with Crippen molar-refractivity contribution in [2.24, 2.45) is 0 Å². The fourth-order valence-electron chi connectivity index (χ4n) is 2.86. The van der Waals surface area contributed by atoms with Crippen molar-refractivity contribution >= 4 is 5.78 Å². The van der Waals surface area contributed by atoms with Crippen LogP contribution in [0, 0.1) is 12.7 Å². The number of fused-ring (bicyclic) bond motifs is 1. The van der Waals surface area contributed by atoms with E-state index in [-0.39, 0.29) is 17.9 Å². The molecule has 3 nitrogen and oxygen atoms in total. The zero-order valence-corrected chi connectivity index (χ0v) is 11.5. The topological polar surface area (TPSA) is 34.9 Å². The molecule has 0 saturated carbocycles. The Morgan fingerprint density at radius 1 is 1.30 bits per heavy atom. The fourth-order valence-corrected chi connectivity index (χ4v) is 2.86. The zero-order chi connectivity index (χ0) is 14.1. The molecule has 20 heavy (non-hydrogen) atoms. The molecule has 0 saturated heterocycles. The Bertz CT molecular complexity index is 660. The molecule has 0 radical (unpaired) electrons. The van der Waals surface area contributed by atoms with E-state index in [9.17, 15) is 9.18 Å². The standard InChI is InChI=1S/C16H17FN2O/c1-11-18-14-8-4-5-9-15(14)19(11)10-16(20)12-6-2-3-7-13(12)17/h2-3,6-7H,4-5,8-10H2,1H3. The van der Waals surface area contributed by atoms with Gasteiger partial charge in [0.25, 0.3) is 0 Å². The summed E-state index contributed by atoms with van der Waals surface area (Å²) in [6.07, 6.45) is 4.23. The largest absolute Gasteiger partial charge is 0.324 e. The van der Waals surface area contributed by atoms with Crippen molar-refractivity contribution in [3.05, 3.63) is 52.9 Å². The van der Waals surface area contributed by atoms with E-state index in [1.807, 2.05) is 11.5 Å². The van der Waals surface area contributed by atoms with E-state index in [0.717, 1.165) is 42.9 Å². The first kappa shape index (κ1) is 13.0. The Kier molecular flexibility index (Phi) is 3.38. The highest BCUT2D eigenvalue weighted by Gasteiger charge is 2.20. The van der Waals surface area contributed by atoms with Crippen molar-refractivity contribution in [3.63, 3.8) is 0 Å². The van der Waals surface area contributed by atoms with Gasteiger partial charge in [-0.25, -0.2) is 9.37 Å². The van der Waals surface area contributed by atoms with Gasteiger partial charge in [0.15, 0.2) is 5.78 Å². The number of carbonyl (C=O) groups excluding carboxylic acids is 1.